The molecule has 0 aliphatic carbocycles. The molecule has 1 aliphatic rings. The van der Waals surface area contributed by atoms with Crippen LogP contribution in [0.1, 0.15) is 25.0 Å². The first kappa shape index (κ1) is 27.2. The molecule has 0 spiro atoms. The van der Waals surface area contributed by atoms with Crippen LogP contribution >= 0.6 is 27.7 Å². The molecule has 1 heterocycles. The number of carbonyl (C=O) groups is 3. The number of nitro benzene ring substituents is 1. The molecular formula is C22H16BrF3N2O7S. The molecule has 2 aromatic carbocycles. The summed E-state index contributed by atoms with van der Waals surface area (Å²) in [4.78, 5) is 47.6. The molecule has 0 unspecified atom stereocenters. The molecule has 0 bridgehead atoms. The predicted octanol–water partition coefficient (Wildman–Crippen LogP) is 6.16. The smallest absolute Gasteiger partial charge is 0.416 e. The van der Waals surface area contributed by atoms with E-state index in [1.54, 1.807) is 13.8 Å². The zero-order valence-electron chi connectivity index (χ0n) is 18.5. The summed E-state index contributed by atoms with van der Waals surface area (Å²) in [5.74, 6) is -1.76. The van der Waals surface area contributed by atoms with Crippen LogP contribution in [-0.2, 0) is 20.5 Å². The fourth-order valence-electron chi connectivity index (χ4n) is 2.95. The molecule has 1 fully saturated rings. The van der Waals surface area contributed by atoms with E-state index in [-0.39, 0.29) is 15.1 Å². The highest BCUT2D eigenvalue weighted by Crippen LogP contribution is 2.40. The van der Waals surface area contributed by atoms with Crippen LogP contribution < -0.4 is 4.74 Å². The number of thioether (sulfide) groups is 1. The molecule has 1 aliphatic heterocycles. The Morgan fingerprint density at radius 3 is 2.44 bits per heavy atom. The summed E-state index contributed by atoms with van der Waals surface area (Å²) in [5, 5.41) is 10.6. The molecule has 0 aromatic heterocycles. The van der Waals surface area contributed by atoms with Gasteiger partial charge in [-0.05, 0) is 77.4 Å². The minimum atomic E-state index is -4.76. The van der Waals surface area contributed by atoms with Crippen molar-refractivity contribution in [1.29, 1.82) is 0 Å². The number of carbonyl (C=O) groups excluding carboxylic acids is 3. The maximum atomic E-state index is 12.9. The molecule has 2 amide bonds. The van der Waals surface area contributed by atoms with Gasteiger partial charge in [-0.3, -0.25) is 29.4 Å². The topological polar surface area (TPSA) is 116 Å². The van der Waals surface area contributed by atoms with Crippen LogP contribution in [-0.4, -0.2) is 39.6 Å². The van der Waals surface area contributed by atoms with Gasteiger partial charge in [0.2, 0.25) is 5.75 Å². The highest BCUT2D eigenvalue weighted by Gasteiger charge is 2.37. The number of esters is 1. The number of halogens is 4. The quantitative estimate of drug-likeness (QED) is 0.163. The number of nitro groups is 1. The van der Waals surface area contributed by atoms with Crippen molar-refractivity contribution in [3.63, 3.8) is 0 Å². The standard InChI is InChI=1S/C22H16BrF3N2O7S/c1-11(2)34-19(29)10-27-20(30)18(36-21(27)31)8-12-3-5-16(14(23)7-12)35-17-6-4-13(22(24,25)26)9-15(17)28(32)33/h3-9,11H,10H2,1-2H3/b18-8-. The fraction of sp³-hybridized carbons (Fsp3) is 0.227. The third-order valence-corrected chi connectivity index (χ3v) is 6.01. The average molecular weight is 589 g/mol. The summed E-state index contributed by atoms with van der Waals surface area (Å²) >= 11 is 3.86. The van der Waals surface area contributed by atoms with Crippen molar-refractivity contribution in [2.75, 3.05) is 6.54 Å². The fourth-order valence-corrected chi connectivity index (χ4v) is 4.26. The summed E-state index contributed by atoms with van der Waals surface area (Å²) in [7, 11) is 0. The SMILES string of the molecule is CC(C)OC(=O)CN1C(=O)S/C(=C\c2ccc(Oc3ccc(C(F)(F)F)cc3[N+](=O)[O-])c(Br)c2)C1=O. The molecule has 0 radical (unpaired) electrons. The summed E-state index contributed by atoms with van der Waals surface area (Å²) in [6.07, 6.45) is -3.77. The van der Waals surface area contributed by atoms with Crippen LogP contribution in [0.25, 0.3) is 6.08 Å². The van der Waals surface area contributed by atoms with E-state index >= 15 is 0 Å². The number of hydrogen-bond donors (Lipinski definition) is 0. The second-order valence-electron chi connectivity index (χ2n) is 7.54. The largest absolute Gasteiger partial charge is 0.462 e. The van der Waals surface area contributed by atoms with Gasteiger partial charge in [0, 0.05) is 6.07 Å². The van der Waals surface area contributed by atoms with Gasteiger partial charge in [-0.15, -0.1) is 0 Å². The summed E-state index contributed by atoms with van der Waals surface area (Å²) < 4.78 is 49.4. The van der Waals surface area contributed by atoms with Gasteiger partial charge in [0.1, 0.15) is 12.3 Å². The van der Waals surface area contributed by atoms with Crippen LogP contribution in [0.3, 0.4) is 0 Å². The number of alkyl halides is 3. The van der Waals surface area contributed by atoms with Gasteiger partial charge in [0.15, 0.2) is 0 Å². The van der Waals surface area contributed by atoms with E-state index in [2.05, 4.69) is 15.9 Å². The lowest BCUT2D eigenvalue weighted by Crippen LogP contribution is -2.35. The first-order valence-electron chi connectivity index (χ1n) is 10.0. The lowest BCUT2D eigenvalue weighted by atomic mass is 10.1. The summed E-state index contributed by atoms with van der Waals surface area (Å²) in [5.41, 5.74) is -1.63. The number of ether oxygens (including phenoxy) is 2. The Hall–Kier alpha value is -3.39. The number of hydrogen-bond acceptors (Lipinski definition) is 8. The van der Waals surface area contributed by atoms with E-state index in [4.69, 9.17) is 9.47 Å². The van der Waals surface area contributed by atoms with E-state index < -0.39 is 57.9 Å². The maximum absolute atomic E-state index is 12.9. The number of benzene rings is 2. The molecule has 36 heavy (non-hydrogen) atoms. The highest BCUT2D eigenvalue weighted by atomic mass is 79.9. The van der Waals surface area contributed by atoms with Crippen molar-refractivity contribution in [1.82, 2.24) is 4.90 Å². The Morgan fingerprint density at radius 1 is 1.19 bits per heavy atom. The van der Waals surface area contributed by atoms with Crippen molar-refractivity contribution < 1.29 is 42.0 Å². The van der Waals surface area contributed by atoms with E-state index in [1.165, 1.54) is 24.3 Å². The van der Waals surface area contributed by atoms with E-state index in [0.717, 1.165) is 11.0 Å². The first-order valence-corrected chi connectivity index (χ1v) is 11.6. The summed E-state index contributed by atoms with van der Waals surface area (Å²) in [6.45, 7) is 2.74. The molecule has 190 valence electrons. The Morgan fingerprint density at radius 2 is 1.86 bits per heavy atom. The van der Waals surface area contributed by atoms with E-state index in [1.807, 2.05) is 0 Å². The Balaban J connectivity index is 1.80. The lowest BCUT2D eigenvalue weighted by molar-refractivity contribution is -0.385. The zero-order valence-corrected chi connectivity index (χ0v) is 20.9. The maximum Gasteiger partial charge on any atom is 0.416 e. The van der Waals surface area contributed by atoms with Gasteiger partial charge in [-0.25, -0.2) is 0 Å². The second kappa shape index (κ2) is 10.7. The Kier molecular flexibility index (Phi) is 8.09. The molecule has 0 saturated carbocycles. The first-order chi connectivity index (χ1) is 16.8. The molecule has 1 saturated heterocycles. The molecule has 0 atom stereocenters. The molecule has 0 N–H and O–H groups in total. The molecule has 3 rings (SSSR count). The van der Waals surface area contributed by atoms with Gasteiger partial charge in [-0.1, -0.05) is 6.07 Å². The monoisotopic (exact) mass is 588 g/mol. The van der Waals surface area contributed by atoms with Gasteiger partial charge in [0.05, 0.1) is 26.0 Å². The van der Waals surface area contributed by atoms with Gasteiger partial charge < -0.3 is 9.47 Å². The molecule has 14 heteroatoms. The van der Waals surface area contributed by atoms with Gasteiger partial charge in [0.25, 0.3) is 11.1 Å². The third kappa shape index (κ3) is 6.43. The van der Waals surface area contributed by atoms with Crippen molar-refractivity contribution >= 4 is 56.6 Å². The van der Waals surface area contributed by atoms with E-state index in [9.17, 15) is 37.7 Å². The number of rotatable bonds is 7. The van der Waals surface area contributed by atoms with Gasteiger partial charge in [-0.2, -0.15) is 13.2 Å². The number of nitrogens with zero attached hydrogens (tertiary/aromatic N) is 2. The van der Waals surface area contributed by atoms with Crippen molar-refractivity contribution in [3.05, 3.63) is 67.0 Å². The normalized spacial score (nSPS) is 15.1. The van der Waals surface area contributed by atoms with Crippen molar-refractivity contribution in [3.8, 4) is 11.5 Å². The average Bonchev–Trinajstić information content (AvgIpc) is 3.01. The minimum Gasteiger partial charge on any atom is -0.462 e. The van der Waals surface area contributed by atoms with E-state index in [0.29, 0.717) is 29.5 Å². The van der Waals surface area contributed by atoms with Crippen LogP contribution in [0.2, 0.25) is 0 Å². The van der Waals surface area contributed by atoms with Crippen LogP contribution in [0.4, 0.5) is 23.7 Å². The number of amides is 2. The van der Waals surface area contributed by atoms with Crippen LogP contribution in [0.5, 0.6) is 11.5 Å². The van der Waals surface area contributed by atoms with Crippen molar-refractivity contribution in [2.24, 2.45) is 0 Å². The highest BCUT2D eigenvalue weighted by molar-refractivity contribution is 9.10. The Labute approximate surface area is 214 Å². The zero-order chi connectivity index (χ0) is 26.8. The van der Waals surface area contributed by atoms with Crippen LogP contribution in [0, 0.1) is 10.1 Å². The third-order valence-electron chi connectivity index (χ3n) is 4.48. The summed E-state index contributed by atoms with van der Waals surface area (Å²) in [6, 6.07) is 6.22. The van der Waals surface area contributed by atoms with Crippen LogP contribution in [0.15, 0.2) is 45.8 Å². The number of imide groups is 1. The van der Waals surface area contributed by atoms with Gasteiger partial charge >= 0.3 is 17.8 Å². The minimum absolute atomic E-state index is 0.0521. The molecule has 2 aromatic rings. The predicted molar refractivity (Wildman–Crippen MR) is 126 cm³/mol. The Bertz CT molecular complexity index is 1280. The molecule has 9 nitrogen and oxygen atoms in total. The van der Waals surface area contributed by atoms with Crippen molar-refractivity contribution in [2.45, 2.75) is 26.1 Å². The second-order valence-corrected chi connectivity index (χ2v) is 9.38. The lowest BCUT2D eigenvalue weighted by Gasteiger charge is -2.13. The molecular weight excluding hydrogens is 573 g/mol.